The van der Waals surface area contributed by atoms with Crippen LogP contribution in [0.15, 0.2) is 0 Å². The molecule has 2 amide bonds. The molecule has 2 aliphatic heterocycles. The summed E-state index contributed by atoms with van der Waals surface area (Å²) in [6, 6.07) is 0. The minimum absolute atomic E-state index is 0.243. The van der Waals surface area contributed by atoms with Crippen LogP contribution in [0.5, 0.6) is 0 Å². The van der Waals surface area contributed by atoms with E-state index in [0.29, 0.717) is 32.3 Å². The Morgan fingerprint density at radius 2 is 1.86 bits per heavy atom. The van der Waals surface area contributed by atoms with Crippen molar-refractivity contribution in [2.24, 2.45) is 11.8 Å². The molecule has 3 aliphatic rings. The predicted molar refractivity (Wildman–Crippen MR) is 101 cm³/mol. The molecule has 2 heterocycles. The number of carbonyl (C=O) groups is 2. The standard InChI is InChI=1S/C19H31NO7S/c1-17(2,3)26-16(22)20-15(21)13(10-19(20)7-8-19)14(27-28(6,23)24)12-9-18(4,5)25-11-12/h12-14H,7-11H2,1-6H3/t12-,13?,14?/m1/s1. The number of ether oxygens (including phenoxy) is 2. The van der Waals surface area contributed by atoms with Crippen LogP contribution in [-0.4, -0.2) is 61.0 Å². The monoisotopic (exact) mass is 417 g/mol. The van der Waals surface area contributed by atoms with Crippen molar-refractivity contribution in [3.8, 4) is 0 Å². The van der Waals surface area contributed by atoms with Gasteiger partial charge >= 0.3 is 6.09 Å². The molecule has 160 valence electrons. The van der Waals surface area contributed by atoms with E-state index in [2.05, 4.69) is 0 Å². The van der Waals surface area contributed by atoms with Gasteiger partial charge in [-0.3, -0.25) is 8.98 Å². The van der Waals surface area contributed by atoms with Crippen LogP contribution in [0.1, 0.15) is 60.3 Å². The Labute approximate surface area is 167 Å². The molecule has 0 bridgehead atoms. The zero-order chi connectivity index (χ0) is 21.1. The van der Waals surface area contributed by atoms with Gasteiger partial charge in [-0.25, -0.2) is 9.69 Å². The second kappa shape index (κ2) is 6.67. The first-order valence-corrected chi connectivity index (χ1v) is 11.5. The van der Waals surface area contributed by atoms with Crippen LogP contribution in [0.25, 0.3) is 0 Å². The van der Waals surface area contributed by atoms with Crippen LogP contribution in [0, 0.1) is 11.8 Å². The summed E-state index contributed by atoms with van der Waals surface area (Å²) in [6.07, 6.45) is 1.84. The largest absolute Gasteiger partial charge is 0.443 e. The quantitative estimate of drug-likeness (QED) is 0.648. The van der Waals surface area contributed by atoms with E-state index in [1.54, 1.807) is 20.8 Å². The average molecular weight is 418 g/mol. The molecule has 0 radical (unpaired) electrons. The van der Waals surface area contributed by atoms with Crippen molar-refractivity contribution < 1.29 is 31.7 Å². The van der Waals surface area contributed by atoms with Gasteiger partial charge in [0.05, 0.1) is 36.0 Å². The van der Waals surface area contributed by atoms with Crippen molar-refractivity contribution >= 4 is 22.1 Å². The zero-order valence-corrected chi connectivity index (χ0v) is 18.3. The van der Waals surface area contributed by atoms with Crippen LogP contribution in [0.2, 0.25) is 0 Å². The van der Waals surface area contributed by atoms with Gasteiger partial charge in [0.1, 0.15) is 5.60 Å². The van der Waals surface area contributed by atoms with Gasteiger partial charge in [-0.1, -0.05) is 0 Å². The SMILES string of the molecule is CC(C)(C)OC(=O)N1C(=O)C(C(OS(C)(=O)=O)[C@H]2COC(C)(C)C2)CC12CC2. The van der Waals surface area contributed by atoms with E-state index in [-0.39, 0.29) is 5.92 Å². The number of carbonyl (C=O) groups excluding carboxylic acids is 2. The first-order chi connectivity index (χ1) is 12.6. The molecule has 0 aromatic carbocycles. The van der Waals surface area contributed by atoms with Gasteiger partial charge in [-0.2, -0.15) is 8.42 Å². The van der Waals surface area contributed by atoms with E-state index < -0.39 is 50.9 Å². The Balaban J connectivity index is 1.87. The van der Waals surface area contributed by atoms with Crippen LogP contribution in [-0.2, 0) is 28.6 Å². The number of imide groups is 1. The second-order valence-corrected chi connectivity index (χ2v) is 11.6. The lowest BCUT2D eigenvalue weighted by Crippen LogP contribution is -2.45. The lowest BCUT2D eigenvalue weighted by atomic mass is 9.84. The van der Waals surface area contributed by atoms with Crippen molar-refractivity contribution in [2.75, 3.05) is 12.9 Å². The summed E-state index contributed by atoms with van der Waals surface area (Å²) in [7, 11) is -3.78. The highest BCUT2D eigenvalue weighted by molar-refractivity contribution is 7.86. The fraction of sp³-hybridized carbons (Fsp3) is 0.895. The second-order valence-electron chi connectivity index (χ2n) is 9.99. The van der Waals surface area contributed by atoms with E-state index in [1.165, 1.54) is 4.90 Å². The lowest BCUT2D eigenvalue weighted by molar-refractivity contribution is -0.134. The summed E-state index contributed by atoms with van der Waals surface area (Å²) in [4.78, 5) is 27.2. The first-order valence-electron chi connectivity index (χ1n) is 9.72. The average Bonchev–Trinajstić information content (AvgIpc) is 3.05. The summed E-state index contributed by atoms with van der Waals surface area (Å²) >= 11 is 0. The summed E-state index contributed by atoms with van der Waals surface area (Å²) in [6.45, 7) is 9.41. The van der Waals surface area contributed by atoms with Gasteiger partial charge in [0.15, 0.2) is 0 Å². The fourth-order valence-corrected chi connectivity index (χ4v) is 5.07. The molecule has 3 rings (SSSR count). The van der Waals surface area contributed by atoms with Gasteiger partial charge in [0, 0.05) is 5.92 Å². The molecule has 1 spiro atoms. The third kappa shape index (κ3) is 4.52. The minimum Gasteiger partial charge on any atom is -0.443 e. The highest BCUT2D eigenvalue weighted by Crippen LogP contribution is 2.54. The fourth-order valence-electron chi connectivity index (χ4n) is 4.38. The molecule has 0 N–H and O–H groups in total. The number of hydrogen-bond donors (Lipinski definition) is 0. The number of rotatable bonds is 4. The Bertz CT molecular complexity index is 764. The first kappa shape index (κ1) is 21.5. The molecule has 9 heteroatoms. The maximum Gasteiger partial charge on any atom is 0.417 e. The maximum atomic E-state index is 13.2. The van der Waals surface area contributed by atoms with Crippen molar-refractivity contribution in [1.29, 1.82) is 0 Å². The van der Waals surface area contributed by atoms with E-state index in [1.807, 2.05) is 13.8 Å². The third-order valence-electron chi connectivity index (χ3n) is 5.60. The van der Waals surface area contributed by atoms with Gasteiger partial charge in [0.25, 0.3) is 10.1 Å². The molecular weight excluding hydrogens is 386 g/mol. The summed E-state index contributed by atoms with van der Waals surface area (Å²) in [5.74, 6) is -1.37. The normalized spacial score (nSPS) is 29.9. The predicted octanol–water partition coefficient (Wildman–Crippen LogP) is 2.46. The molecular formula is C19H31NO7S. The summed E-state index contributed by atoms with van der Waals surface area (Å²) in [5.41, 5.74) is -1.71. The van der Waals surface area contributed by atoms with Gasteiger partial charge in [-0.15, -0.1) is 0 Å². The minimum atomic E-state index is -3.78. The molecule has 0 aromatic rings. The van der Waals surface area contributed by atoms with Crippen LogP contribution < -0.4 is 0 Å². The highest BCUT2D eigenvalue weighted by atomic mass is 32.2. The van der Waals surface area contributed by atoms with Crippen molar-refractivity contribution in [3.05, 3.63) is 0 Å². The molecule has 8 nitrogen and oxygen atoms in total. The van der Waals surface area contributed by atoms with Crippen LogP contribution >= 0.6 is 0 Å². The van der Waals surface area contributed by atoms with Gasteiger partial charge in [-0.05, 0) is 60.3 Å². The lowest BCUT2D eigenvalue weighted by Gasteiger charge is -2.28. The Morgan fingerprint density at radius 3 is 2.29 bits per heavy atom. The number of nitrogens with zero attached hydrogens (tertiary/aromatic N) is 1. The summed E-state index contributed by atoms with van der Waals surface area (Å²) in [5, 5.41) is 0. The van der Waals surface area contributed by atoms with Gasteiger partial charge in [0.2, 0.25) is 5.91 Å². The van der Waals surface area contributed by atoms with E-state index in [0.717, 1.165) is 6.26 Å². The molecule has 3 atom stereocenters. The van der Waals surface area contributed by atoms with Crippen molar-refractivity contribution in [1.82, 2.24) is 4.90 Å². The Kier molecular flexibility index (Phi) is 5.12. The van der Waals surface area contributed by atoms with E-state index in [4.69, 9.17) is 13.7 Å². The molecule has 0 aromatic heterocycles. The number of likely N-dealkylation sites (tertiary alicyclic amines) is 1. The molecule has 3 fully saturated rings. The zero-order valence-electron chi connectivity index (χ0n) is 17.5. The summed E-state index contributed by atoms with van der Waals surface area (Å²) < 4.78 is 40.5. The topological polar surface area (TPSA) is 99.2 Å². The highest BCUT2D eigenvalue weighted by Gasteiger charge is 2.64. The maximum absolute atomic E-state index is 13.2. The third-order valence-corrected chi connectivity index (χ3v) is 6.18. The molecule has 28 heavy (non-hydrogen) atoms. The Morgan fingerprint density at radius 1 is 1.25 bits per heavy atom. The van der Waals surface area contributed by atoms with Crippen LogP contribution in [0.4, 0.5) is 4.79 Å². The smallest absolute Gasteiger partial charge is 0.417 e. The molecule has 2 saturated heterocycles. The van der Waals surface area contributed by atoms with Crippen LogP contribution in [0.3, 0.4) is 0 Å². The van der Waals surface area contributed by atoms with Gasteiger partial charge < -0.3 is 9.47 Å². The molecule has 1 saturated carbocycles. The van der Waals surface area contributed by atoms with Crippen molar-refractivity contribution in [2.45, 2.75) is 83.1 Å². The molecule has 2 unspecified atom stereocenters. The number of hydrogen-bond acceptors (Lipinski definition) is 7. The van der Waals surface area contributed by atoms with E-state index in [9.17, 15) is 18.0 Å². The number of amides is 2. The van der Waals surface area contributed by atoms with E-state index >= 15 is 0 Å². The van der Waals surface area contributed by atoms with Crippen molar-refractivity contribution in [3.63, 3.8) is 0 Å². The Hall–Kier alpha value is -1.19. The molecule has 1 aliphatic carbocycles.